The first-order valence-corrected chi connectivity index (χ1v) is 10.3. The van der Waals surface area contributed by atoms with Gasteiger partial charge in [-0.2, -0.15) is 0 Å². The summed E-state index contributed by atoms with van der Waals surface area (Å²) in [5, 5.41) is 0. The fraction of sp³-hybridized carbons (Fsp3) is 0.478. The third-order valence-electron chi connectivity index (χ3n) is 4.96. The lowest BCUT2D eigenvalue weighted by atomic mass is 10.1. The molecule has 6 heteroatoms. The van der Waals surface area contributed by atoms with Crippen LogP contribution in [0.25, 0.3) is 0 Å². The van der Waals surface area contributed by atoms with Crippen LogP contribution in [0.2, 0.25) is 0 Å². The van der Waals surface area contributed by atoms with E-state index in [0.29, 0.717) is 31.8 Å². The Hall–Kier alpha value is -2.76. The topological polar surface area (TPSA) is 58.7 Å². The Labute approximate surface area is 173 Å². The number of carbonyl (C=O) groups is 2. The van der Waals surface area contributed by atoms with Gasteiger partial charge in [-0.05, 0) is 30.7 Å². The van der Waals surface area contributed by atoms with Crippen LogP contribution in [0, 0.1) is 0 Å². The maximum absolute atomic E-state index is 13.1. The first kappa shape index (κ1) is 22.5. The molecule has 2 aromatic rings. The summed E-state index contributed by atoms with van der Waals surface area (Å²) in [4.78, 5) is 29.1. The number of rotatable bonds is 13. The molecular formula is C23H33N3O3. The number of carbonyl (C=O) groups excluding carboxylic acids is 2. The molecule has 0 atom stereocenters. The van der Waals surface area contributed by atoms with Crippen molar-refractivity contribution in [3.05, 3.63) is 60.8 Å². The van der Waals surface area contributed by atoms with Gasteiger partial charge in [-0.15, -0.1) is 6.58 Å². The molecule has 0 radical (unpaired) electrons. The molecule has 0 aliphatic rings. The molecule has 0 fully saturated rings. The molecule has 0 bridgehead atoms. The average Bonchev–Trinajstić information content (AvgIpc) is 3.36. The van der Waals surface area contributed by atoms with Crippen LogP contribution in [0.15, 0.2) is 53.8 Å². The smallest absolute Gasteiger partial charge is 0.242 e. The first-order valence-electron chi connectivity index (χ1n) is 10.3. The van der Waals surface area contributed by atoms with Gasteiger partial charge < -0.3 is 18.8 Å². The quantitative estimate of drug-likeness (QED) is 0.376. The minimum atomic E-state index is -0.105. The highest BCUT2D eigenvalue weighted by Crippen LogP contribution is 2.13. The van der Waals surface area contributed by atoms with Gasteiger partial charge in [-0.25, -0.2) is 0 Å². The Balaban J connectivity index is 2.05. The fourth-order valence-electron chi connectivity index (χ4n) is 3.21. The molecule has 0 N–H and O–H groups in total. The lowest BCUT2D eigenvalue weighted by Gasteiger charge is -2.27. The molecule has 0 aliphatic carbocycles. The molecule has 0 aromatic carbocycles. The Morgan fingerprint density at radius 2 is 1.93 bits per heavy atom. The predicted octanol–water partition coefficient (Wildman–Crippen LogP) is 4.13. The molecular weight excluding hydrogens is 366 g/mol. The molecule has 2 aromatic heterocycles. The Morgan fingerprint density at radius 3 is 2.55 bits per heavy atom. The van der Waals surface area contributed by atoms with Crippen LogP contribution in [0.5, 0.6) is 0 Å². The average molecular weight is 400 g/mol. The van der Waals surface area contributed by atoms with Crippen LogP contribution in [-0.4, -0.2) is 39.3 Å². The van der Waals surface area contributed by atoms with E-state index >= 15 is 0 Å². The van der Waals surface area contributed by atoms with Crippen LogP contribution in [0.4, 0.5) is 0 Å². The summed E-state index contributed by atoms with van der Waals surface area (Å²) in [5.41, 5.74) is 1.02. The van der Waals surface area contributed by atoms with Gasteiger partial charge in [0.15, 0.2) is 0 Å². The highest BCUT2D eigenvalue weighted by molar-refractivity contribution is 5.85. The molecule has 158 valence electrons. The zero-order valence-corrected chi connectivity index (χ0v) is 17.7. The fourth-order valence-corrected chi connectivity index (χ4v) is 3.21. The molecule has 2 rings (SSSR count). The highest BCUT2D eigenvalue weighted by Gasteiger charge is 2.22. The van der Waals surface area contributed by atoms with Gasteiger partial charge in [0.25, 0.3) is 0 Å². The minimum absolute atomic E-state index is 0.00571. The molecule has 0 saturated heterocycles. The van der Waals surface area contributed by atoms with E-state index in [0.717, 1.165) is 31.4 Å². The van der Waals surface area contributed by atoms with Crippen molar-refractivity contribution in [2.24, 2.45) is 7.05 Å². The molecule has 0 saturated carbocycles. The number of hydrogen-bond donors (Lipinski definition) is 0. The van der Waals surface area contributed by atoms with Crippen molar-refractivity contribution >= 4 is 11.8 Å². The second-order valence-electron chi connectivity index (χ2n) is 7.31. The summed E-state index contributed by atoms with van der Waals surface area (Å²) < 4.78 is 7.43. The molecule has 29 heavy (non-hydrogen) atoms. The number of unbranched alkanes of at least 4 members (excludes halogenated alkanes) is 3. The lowest BCUT2D eigenvalue weighted by Crippen LogP contribution is -2.42. The Morgan fingerprint density at radius 1 is 1.10 bits per heavy atom. The number of hydrogen-bond acceptors (Lipinski definition) is 3. The zero-order valence-electron chi connectivity index (χ0n) is 17.7. The van der Waals surface area contributed by atoms with Crippen LogP contribution < -0.4 is 0 Å². The van der Waals surface area contributed by atoms with Gasteiger partial charge in [0, 0.05) is 31.9 Å². The van der Waals surface area contributed by atoms with Gasteiger partial charge in [-0.3, -0.25) is 9.59 Å². The van der Waals surface area contributed by atoms with Crippen LogP contribution >= 0.6 is 0 Å². The maximum Gasteiger partial charge on any atom is 0.242 e. The van der Waals surface area contributed by atoms with Crippen molar-refractivity contribution < 1.29 is 14.0 Å². The monoisotopic (exact) mass is 399 g/mol. The van der Waals surface area contributed by atoms with Crippen molar-refractivity contribution in [3.8, 4) is 0 Å². The Bertz CT molecular complexity index is 764. The van der Waals surface area contributed by atoms with E-state index in [2.05, 4.69) is 13.5 Å². The highest BCUT2D eigenvalue weighted by atomic mass is 16.3. The van der Waals surface area contributed by atoms with E-state index in [-0.39, 0.29) is 18.4 Å². The molecule has 2 amide bonds. The summed E-state index contributed by atoms with van der Waals surface area (Å²) in [7, 11) is 1.95. The SMILES string of the molecule is C=CCN(CC(=O)N(Cc1ccco1)Cc1cccn1C)C(=O)CCCCCC. The molecule has 0 unspecified atom stereocenters. The van der Waals surface area contributed by atoms with E-state index in [9.17, 15) is 9.59 Å². The third-order valence-corrected chi connectivity index (χ3v) is 4.96. The predicted molar refractivity (Wildman–Crippen MR) is 114 cm³/mol. The minimum Gasteiger partial charge on any atom is -0.467 e. The van der Waals surface area contributed by atoms with Crippen LogP contribution in [0.3, 0.4) is 0 Å². The third kappa shape index (κ3) is 7.29. The normalized spacial score (nSPS) is 10.7. The summed E-state index contributed by atoms with van der Waals surface area (Å²) in [5.74, 6) is 0.617. The number of aromatic nitrogens is 1. The summed E-state index contributed by atoms with van der Waals surface area (Å²) in [6, 6.07) is 7.60. The van der Waals surface area contributed by atoms with Crippen molar-refractivity contribution in [3.63, 3.8) is 0 Å². The molecule has 6 nitrogen and oxygen atoms in total. The van der Waals surface area contributed by atoms with Gasteiger partial charge in [-0.1, -0.05) is 32.3 Å². The number of aryl methyl sites for hydroxylation is 1. The van der Waals surface area contributed by atoms with Crippen molar-refractivity contribution in [1.29, 1.82) is 0 Å². The molecule has 0 aliphatic heterocycles. The summed E-state index contributed by atoms with van der Waals surface area (Å²) in [6.45, 7) is 7.12. The summed E-state index contributed by atoms with van der Waals surface area (Å²) in [6.07, 6.45) is 9.84. The van der Waals surface area contributed by atoms with E-state index in [4.69, 9.17) is 4.42 Å². The number of nitrogens with zero attached hydrogens (tertiary/aromatic N) is 3. The largest absolute Gasteiger partial charge is 0.467 e. The van der Waals surface area contributed by atoms with E-state index in [1.54, 1.807) is 22.1 Å². The van der Waals surface area contributed by atoms with Gasteiger partial charge in [0.1, 0.15) is 12.3 Å². The standard InChI is InChI=1S/C23H33N3O3/c1-4-6-7-8-13-22(27)25(14-5-2)19-23(28)26(18-21-12-10-16-29-21)17-20-11-9-15-24(20)3/h5,9-12,15-16H,2,4,6-8,13-14,17-19H2,1,3H3. The molecule has 0 spiro atoms. The van der Waals surface area contributed by atoms with Crippen LogP contribution in [-0.2, 0) is 29.7 Å². The zero-order chi connectivity index (χ0) is 21.1. The number of furan rings is 1. The van der Waals surface area contributed by atoms with E-state index < -0.39 is 0 Å². The summed E-state index contributed by atoms with van der Waals surface area (Å²) >= 11 is 0. The first-order chi connectivity index (χ1) is 14.0. The van der Waals surface area contributed by atoms with Crippen LogP contribution in [0.1, 0.15) is 50.5 Å². The van der Waals surface area contributed by atoms with Crippen molar-refractivity contribution in [2.45, 2.75) is 52.1 Å². The second kappa shape index (κ2) is 11.9. The number of amides is 2. The van der Waals surface area contributed by atoms with E-state index in [1.165, 1.54) is 0 Å². The molecule has 2 heterocycles. The lowest BCUT2D eigenvalue weighted by molar-refractivity contribution is -0.141. The van der Waals surface area contributed by atoms with Gasteiger partial charge in [0.05, 0.1) is 19.4 Å². The Kier molecular flexibility index (Phi) is 9.28. The second-order valence-corrected chi connectivity index (χ2v) is 7.31. The van der Waals surface area contributed by atoms with Crippen molar-refractivity contribution in [1.82, 2.24) is 14.4 Å². The van der Waals surface area contributed by atoms with Gasteiger partial charge in [0.2, 0.25) is 11.8 Å². The maximum atomic E-state index is 13.1. The van der Waals surface area contributed by atoms with Crippen molar-refractivity contribution in [2.75, 3.05) is 13.1 Å². The van der Waals surface area contributed by atoms with E-state index in [1.807, 2.05) is 42.1 Å². The van der Waals surface area contributed by atoms with Gasteiger partial charge >= 0.3 is 0 Å².